The molecule has 0 aliphatic carbocycles. The van der Waals surface area contributed by atoms with Crippen molar-refractivity contribution in [3.05, 3.63) is 11.5 Å². The summed E-state index contributed by atoms with van der Waals surface area (Å²) in [5, 5.41) is 5.94. The smallest absolute Gasteiger partial charge is 0.187 e. The van der Waals surface area contributed by atoms with Crippen LogP contribution >= 0.6 is 0 Å². The molecular formula is C5H8FN3. The van der Waals surface area contributed by atoms with E-state index in [0.29, 0.717) is 12.1 Å². The monoisotopic (exact) mass is 129 g/mol. The van der Waals surface area contributed by atoms with E-state index < -0.39 is 5.82 Å². The van der Waals surface area contributed by atoms with Crippen molar-refractivity contribution in [1.29, 1.82) is 0 Å². The van der Waals surface area contributed by atoms with Crippen LogP contribution in [0.5, 0.6) is 0 Å². The highest BCUT2D eigenvalue weighted by atomic mass is 19.1. The molecule has 1 heterocycles. The second kappa shape index (κ2) is 2.05. The second-order valence-corrected chi connectivity index (χ2v) is 1.75. The van der Waals surface area contributed by atoms with Crippen LogP contribution in [0.15, 0.2) is 0 Å². The van der Waals surface area contributed by atoms with Crippen LogP contribution in [0.3, 0.4) is 0 Å². The van der Waals surface area contributed by atoms with E-state index in [-0.39, 0.29) is 5.82 Å². The third kappa shape index (κ3) is 0.872. The molecule has 0 atom stereocenters. The molecule has 1 aromatic rings. The van der Waals surface area contributed by atoms with Crippen molar-refractivity contribution in [2.75, 3.05) is 5.73 Å². The van der Waals surface area contributed by atoms with Gasteiger partial charge in [-0.3, -0.25) is 5.10 Å². The third-order valence-electron chi connectivity index (χ3n) is 1.15. The quantitative estimate of drug-likeness (QED) is 0.586. The molecule has 3 nitrogen and oxygen atoms in total. The molecule has 3 N–H and O–H groups in total. The summed E-state index contributed by atoms with van der Waals surface area (Å²) in [4.78, 5) is 0. The van der Waals surface area contributed by atoms with E-state index in [9.17, 15) is 4.39 Å². The number of nitrogens with two attached hydrogens (primary N) is 1. The molecule has 9 heavy (non-hydrogen) atoms. The molecule has 1 aromatic heterocycles. The van der Waals surface area contributed by atoms with Gasteiger partial charge < -0.3 is 5.73 Å². The second-order valence-electron chi connectivity index (χ2n) is 1.75. The van der Waals surface area contributed by atoms with Crippen molar-refractivity contribution in [1.82, 2.24) is 10.2 Å². The highest BCUT2D eigenvalue weighted by Crippen LogP contribution is 2.09. The maximum Gasteiger partial charge on any atom is 0.187 e. The Morgan fingerprint density at radius 2 is 2.44 bits per heavy atom. The van der Waals surface area contributed by atoms with Crippen molar-refractivity contribution in [3.63, 3.8) is 0 Å². The molecule has 0 amide bonds. The predicted molar refractivity (Wildman–Crippen MR) is 32.3 cm³/mol. The highest BCUT2D eigenvalue weighted by Gasteiger charge is 2.05. The molecular weight excluding hydrogens is 121 g/mol. The molecule has 0 spiro atoms. The molecule has 0 fully saturated rings. The first-order valence-corrected chi connectivity index (χ1v) is 2.74. The van der Waals surface area contributed by atoms with Gasteiger partial charge in [0.05, 0.1) is 5.69 Å². The number of halogens is 1. The molecule has 0 aromatic carbocycles. The first kappa shape index (κ1) is 6.07. The van der Waals surface area contributed by atoms with Crippen molar-refractivity contribution >= 4 is 5.82 Å². The van der Waals surface area contributed by atoms with Crippen LogP contribution in [0.2, 0.25) is 0 Å². The van der Waals surface area contributed by atoms with Gasteiger partial charge in [-0.1, -0.05) is 6.92 Å². The van der Waals surface area contributed by atoms with Crippen molar-refractivity contribution < 1.29 is 4.39 Å². The van der Waals surface area contributed by atoms with Crippen LogP contribution in [0.1, 0.15) is 12.6 Å². The molecule has 0 radical (unpaired) electrons. The maximum atomic E-state index is 12.5. The zero-order chi connectivity index (χ0) is 6.85. The lowest BCUT2D eigenvalue weighted by Crippen LogP contribution is -1.88. The minimum absolute atomic E-state index is 0.0492. The number of aromatic nitrogens is 2. The van der Waals surface area contributed by atoms with E-state index in [1.54, 1.807) is 0 Å². The van der Waals surface area contributed by atoms with E-state index in [4.69, 9.17) is 5.73 Å². The lowest BCUT2D eigenvalue weighted by molar-refractivity contribution is 0.616. The van der Waals surface area contributed by atoms with Gasteiger partial charge in [-0.05, 0) is 6.42 Å². The van der Waals surface area contributed by atoms with Gasteiger partial charge in [-0.25, -0.2) is 4.39 Å². The highest BCUT2D eigenvalue weighted by molar-refractivity contribution is 5.31. The number of hydrogen-bond donors (Lipinski definition) is 2. The number of aryl methyl sites for hydroxylation is 1. The average Bonchev–Trinajstić information content (AvgIpc) is 2.15. The Labute approximate surface area is 52.1 Å². The molecule has 1 rings (SSSR count). The topological polar surface area (TPSA) is 54.7 Å². The van der Waals surface area contributed by atoms with Gasteiger partial charge in [-0.2, -0.15) is 5.10 Å². The zero-order valence-electron chi connectivity index (χ0n) is 5.11. The fourth-order valence-electron chi connectivity index (χ4n) is 0.615. The summed E-state index contributed by atoms with van der Waals surface area (Å²) in [6, 6.07) is 0. The molecule has 0 saturated carbocycles. The number of anilines is 1. The third-order valence-corrected chi connectivity index (χ3v) is 1.15. The SMILES string of the molecule is CCc1[nH]nc(N)c1F. The molecule has 50 valence electrons. The minimum Gasteiger partial charge on any atom is -0.380 e. The van der Waals surface area contributed by atoms with Gasteiger partial charge in [0.1, 0.15) is 0 Å². The molecule has 0 unspecified atom stereocenters. The molecule has 0 aliphatic heterocycles. The van der Waals surface area contributed by atoms with Crippen molar-refractivity contribution in [2.45, 2.75) is 13.3 Å². The fraction of sp³-hybridized carbons (Fsp3) is 0.400. The summed E-state index contributed by atoms with van der Waals surface area (Å²) in [5.74, 6) is -0.468. The maximum absolute atomic E-state index is 12.5. The molecule has 0 bridgehead atoms. The predicted octanol–water partition coefficient (Wildman–Crippen LogP) is 0.693. The molecule has 4 heteroatoms. The van der Waals surface area contributed by atoms with Crippen LogP contribution in [0.4, 0.5) is 10.2 Å². The van der Waals surface area contributed by atoms with Crippen molar-refractivity contribution in [3.8, 4) is 0 Å². The van der Waals surface area contributed by atoms with E-state index in [1.165, 1.54) is 0 Å². The average molecular weight is 129 g/mol. The minimum atomic E-state index is -0.419. The number of nitrogen functional groups attached to an aromatic ring is 1. The van der Waals surface area contributed by atoms with Gasteiger partial charge in [0.25, 0.3) is 0 Å². The first-order valence-electron chi connectivity index (χ1n) is 2.74. The Balaban J connectivity index is 3.04. The zero-order valence-corrected chi connectivity index (χ0v) is 5.11. The summed E-state index contributed by atoms with van der Waals surface area (Å²) in [6.07, 6.45) is 0.593. The van der Waals surface area contributed by atoms with Gasteiger partial charge in [0.15, 0.2) is 11.6 Å². The van der Waals surface area contributed by atoms with E-state index >= 15 is 0 Å². The lowest BCUT2D eigenvalue weighted by Gasteiger charge is -1.85. The Morgan fingerprint density at radius 1 is 1.78 bits per heavy atom. The Morgan fingerprint density at radius 3 is 2.67 bits per heavy atom. The number of nitrogens with zero attached hydrogens (tertiary/aromatic N) is 1. The summed E-state index contributed by atoms with van der Waals surface area (Å²) >= 11 is 0. The fourth-order valence-corrected chi connectivity index (χ4v) is 0.615. The molecule has 0 saturated heterocycles. The Hall–Kier alpha value is -1.06. The number of rotatable bonds is 1. The van der Waals surface area contributed by atoms with Crippen LogP contribution in [0.25, 0.3) is 0 Å². The van der Waals surface area contributed by atoms with E-state index in [0.717, 1.165) is 0 Å². The van der Waals surface area contributed by atoms with E-state index in [1.807, 2.05) is 6.92 Å². The number of nitrogens with one attached hydrogen (secondary N) is 1. The summed E-state index contributed by atoms with van der Waals surface area (Å²) in [7, 11) is 0. The van der Waals surface area contributed by atoms with Crippen LogP contribution in [-0.2, 0) is 6.42 Å². The Kier molecular flexibility index (Phi) is 1.38. The summed E-state index contributed by atoms with van der Waals surface area (Å²) in [6.45, 7) is 1.83. The van der Waals surface area contributed by atoms with Gasteiger partial charge in [-0.15, -0.1) is 0 Å². The molecule has 0 aliphatic rings. The van der Waals surface area contributed by atoms with E-state index in [2.05, 4.69) is 10.2 Å². The van der Waals surface area contributed by atoms with Gasteiger partial charge in [0.2, 0.25) is 0 Å². The lowest BCUT2D eigenvalue weighted by atomic mass is 10.3. The number of H-pyrrole nitrogens is 1. The number of hydrogen-bond acceptors (Lipinski definition) is 2. The van der Waals surface area contributed by atoms with Gasteiger partial charge in [0, 0.05) is 0 Å². The van der Waals surface area contributed by atoms with Gasteiger partial charge >= 0.3 is 0 Å². The van der Waals surface area contributed by atoms with Crippen LogP contribution in [-0.4, -0.2) is 10.2 Å². The first-order chi connectivity index (χ1) is 4.25. The van der Waals surface area contributed by atoms with Crippen molar-refractivity contribution in [2.24, 2.45) is 0 Å². The normalized spacial score (nSPS) is 10.0. The van der Waals surface area contributed by atoms with Crippen LogP contribution < -0.4 is 5.73 Å². The summed E-state index contributed by atoms with van der Waals surface area (Å²) in [5.41, 5.74) is 5.56. The standard InChI is InChI=1S/C5H8FN3/c1-2-3-4(6)5(7)9-8-3/h2H2,1H3,(H3,7,8,9). The van der Waals surface area contributed by atoms with Crippen LogP contribution in [0, 0.1) is 5.82 Å². The Bertz CT molecular complexity index is 206. The summed E-state index contributed by atoms with van der Waals surface area (Å²) < 4.78 is 12.5. The largest absolute Gasteiger partial charge is 0.380 e. The number of aromatic amines is 1.